The molecule has 1 heterocycles. The third-order valence-electron chi connectivity index (χ3n) is 3.26. The molecule has 0 atom stereocenters. The molecule has 2 aromatic carbocycles. The maximum absolute atomic E-state index is 11.8. The van der Waals surface area contributed by atoms with Gasteiger partial charge >= 0.3 is 11.8 Å². The lowest BCUT2D eigenvalue weighted by molar-refractivity contribution is -0.136. The summed E-state index contributed by atoms with van der Waals surface area (Å²) in [6, 6.07) is 12.4. The molecule has 3 rings (SSSR count). The minimum absolute atomic E-state index is 0.186. The lowest BCUT2D eigenvalue weighted by atomic mass is 10.2. The highest BCUT2D eigenvalue weighted by Crippen LogP contribution is 2.31. The van der Waals surface area contributed by atoms with Crippen molar-refractivity contribution in [3.8, 4) is 11.5 Å². The third-order valence-corrected chi connectivity index (χ3v) is 3.26. The Labute approximate surface area is 138 Å². The number of hydrazone groups is 1. The molecule has 0 saturated heterocycles. The summed E-state index contributed by atoms with van der Waals surface area (Å²) in [5, 5.41) is 6.27. The molecule has 0 saturated carbocycles. The van der Waals surface area contributed by atoms with Crippen LogP contribution in [0.15, 0.2) is 47.6 Å². The summed E-state index contributed by atoms with van der Waals surface area (Å²) in [5.41, 5.74) is 4.42. The topological polar surface area (TPSA) is 89.0 Å². The molecule has 7 heteroatoms. The number of anilines is 1. The fraction of sp³-hybridized carbons (Fsp3) is 0.118. The van der Waals surface area contributed by atoms with Crippen LogP contribution in [0.4, 0.5) is 5.69 Å². The molecule has 0 unspecified atom stereocenters. The Morgan fingerprint density at radius 2 is 1.92 bits per heavy atom. The van der Waals surface area contributed by atoms with Crippen molar-refractivity contribution in [2.45, 2.75) is 6.92 Å². The van der Waals surface area contributed by atoms with Crippen LogP contribution in [0, 0.1) is 6.92 Å². The first-order valence-electron chi connectivity index (χ1n) is 7.22. The SMILES string of the molecule is Cc1cccc(NC(=O)C(=O)N/N=C/c2ccc3c(c2)OCO3)c1. The van der Waals surface area contributed by atoms with Gasteiger partial charge in [0.1, 0.15) is 0 Å². The van der Waals surface area contributed by atoms with Gasteiger partial charge in [0, 0.05) is 5.69 Å². The fourth-order valence-corrected chi connectivity index (χ4v) is 2.12. The summed E-state index contributed by atoms with van der Waals surface area (Å²) in [4.78, 5) is 23.5. The number of carbonyl (C=O) groups is 2. The van der Waals surface area contributed by atoms with E-state index < -0.39 is 11.8 Å². The Bertz CT molecular complexity index is 817. The molecule has 24 heavy (non-hydrogen) atoms. The summed E-state index contributed by atoms with van der Waals surface area (Å²) in [6.07, 6.45) is 1.42. The smallest absolute Gasteiger partial charge is 0.329 e. The van der Waals surface area contributed by atoms with Crippen LogP contribution in [0.25, 0.3) is 0 Å². The van der Waals surface area contributed by atoms with E-state index in [4.69, 9.17) is 9.47 Å². The van der Waals surface area contributed by atoms with Crippen LogP contribution < -0.4 is 20.2 Å². The van der Waals surface area contributed by atoms with Crippen LogP contribution in [0.1, 0.15) is 11.1 Å². The summed E-state index contributed by atoms with van der Waals surface area (Å²) in [6.45, 7) is 2.08. The molecule has 2 aromatic rings. The van der Waals surface area contributed by atoms with Crippen molar-refractivity contribution in [3.05, 3.63) is 53.6 Å². The second kappa shape index (κ2) is 6.82. The van der Waals surface area contributed by atoms with Crippen molar-refractivity contribution in [3.63, 3.8) is 0 Å². The Balaban J connectivity index is 1.55. The zero-order valence-corrected chi connectivity index (χ0v) is 12.9. The highest BCUT2D eigenvalue weighted by molar-refractivity contribution is 6.39. The maximum Gasteiger partial charge on any atom is 0.329 e. The zero-order valence-electron chi connectivity index (χ0n) is 12.9. The van der Waals surface area contributed by atoms with Gasteiger partial charge in [0.25, 0.3) is 0 Å². The molecule has 1 aliphatic rings. The van der Waals surface area contributed by atoms with Crippen LogP contribution in [-0.4, -0.2) is 24.8 Å². The molecule has 122 valence electrons. The lowest BCUT2D eigenvalue weighted by Crippen LogP contribution is -2.32. The van der Waals surface area contributed by atoms with Crippen LogP contribution in [-0.2, 0) is 9.59 Å². The van der Waals surface area contributed by atoms with Gasteiger partial charge in [0.15, 0.2) is 11.5 Å². The maximum atomic E-state index is 11.8. The van der Waals surface area contributed by atoms with Crippen molar-refractivity contribution in [2.24, 2.45) is 5.10 Å². The largest absolute Gasteiger partial charge is 0.454 e. The number of nitrogens with one attached hydrogen (secondary N) is 2. The van der Waals surface area contributed by atoms with Gasteiger partial charge in [-0.05, 0) is 48.4 Å². The highest BCUT2D eigenvalue weighted by atomic mass is 16.7. The number of carbonyl (C=O) groups excluding carboxylic acids is 2. The molecule has 2 amide bonds. The molecule has 7 nitrogen and oxygen atoms in total. The van der Waals surface area contributed by atoms with Gasteiger partial charge in [-0.15, -0.1) is 0 Å². The highest BCUT2D eigenvalue weighted by Gasteiger charge is 2.14. The lowest BCUT2D eigenvalue weighted by Gasteiger charge is -2.04. The number of hydrogen-bond donors (Lipinski definition) is 2. The van der Waals surface area contributed by atoms with E-state index in [1.807, 2.05) is 13.0 Å². The van der Waals surface area contributed by atoms with E-state index in [0.717, 1.165) is 5.56 Å². The van der Waals surface area contributed by atoms with Crippen molar-refractivity contribution in [2.75, 3.05) is 12.1 Å². The van der Waals surface area contributed by atoms with Gasteiger partial charge in [-0.25, -0.2) is 5.43 Å². The van der Waals surface area contributed by atoms with E-state index in [2.05, 4.69) is 15.8 Å². The average Bonchev–Trinajstić information content (AvgIpc) is 3.02. The van der Waals surface area contributed by atoms with Gasteiger partial charge in [0.05, 0.1) is 6.21 Å². The summed E-state index contributed by atoms with van der Waals surface area (Å²) < 4.78 is 10.4. The average molecular weight is 325 g/mol. The van der Waals surface area contributed by atoms with E-state index in [1.54, 1.807) is 36.4 Å². The minimum atomic E-state index is -0.853. The van der Waals surface area contributed by atoms with Crippen LogP contribution in [0.2, 0.25) is 0 Å². The third kappa shape index (κ3) is 3.70. The zero-order chi connectivity index (χ0) is 16.9. The Kier molecular flexibility index (Phi) is 4.42. The number of aryl methyl sites for hydroxylation is 1. The van der Waals surface area contributed by atoms with Crippen molar-refractivity contribution < 1.29 is 19.1 Å². The number of nitrogens with zero attached hydrogens (tertiary/aromatic N) is 1. The van der Waals surface area contributed by atoms with E-state index in [0.29, 0.717) is 22.7 Å². The minimum Gasteiger partial charge on any atom is -0.454 e. The number of benzene rings is 2. The molecule has 0 fully saturated rings. The van der Waals surface area contributed by atoms with Crippen LogP contribution in [0.5, 0.6) is 11.5 Å². The Hall–Kier alpha value is -3.35. The van der Waals surface area contributed by atoms with Crippen molar-refractivity contribution >= 4 is 23.7 Å². The van der Waals surface area contributed by atoms with Crippen LogP contribution in [0.3, 0.4) is 0 Å². The van der Waals surface area contributed by atoms with Gasteiger partial charge < -0.3 is 14.8 Å². The first kappa shape index (κ1) is 15.5. The molecule has 1 aliphatic heterocycles. The van der Waals surface area contributed by atoms with Gasteiger partial charge in [-0.2, -0.15) is 5.10 Å². The number of amides is 2. The predicted molar refractivity (Wildman–Crippen MR) is 88.1 cm³/mol. The number of fused-ring (bicyclic) bond motifs is 1. The molecule has 0 radical (unpaired) electrons. The van der Waals surface area contributed by atoms with Crippen molar-refractivity contribution in [1.29, 1.82) is 0 Å². The number of ether oxygens (including phenoxy) is 2. The van der Waals surface area contributed by atoms with E-state index in [-0.39, 0.29) is 6.79 Å². The number of hydrogen-bond acceptors (Lipinski definition) is 5. The molecule has 0 aliphatic carbocycles. The molecule has 2 N–H and O–H groups in total. The second-order valence-electron chi connectivity index (χ2n) is 5.14. The molecular formula is C17H15N3O4. The van der Waals surface area contributed by atoms with Gasteiger partial charge in [-0.1, -0.05) is 12.1 Å². The summed E-state index contributed by atoms with van der Waals surface area (Å²) >= 11 is 0. The molecule has 0 aromatic heterocycles. The summed E-state index contributed by atoms with van der Waals surface area (Å²) in [5.74, 6) is -0.367. The van der Waals surface area contributed by atoms with E-state index in [9.17, 15) is 9.59 Å². The van der Waals surface area contributed by atoms with Crippen LogP contribution >= 0.6 is 0 Å². The van der Waals surface area contributed by atoms with Gasteiger partial charge in [0.2, 0.25) is 6.79 Å². The monoisotopic (exact) mass is 325 g/mol. The molecule has 0 spiro atoms. The standard InChI is InChI=1S/C17H15N3O4/c1-11-3-2-4-13(7-11)19-16(21)17(22)20-18-9-12-5-6-14-15(8-12)24-10-23-14/h2-9H,10H2,1H3,(H,19,21)(H,20,22)/b18-9+. The normalized spacial score (nSPS) is 12.2. The van der Waals surface area contributed by atoms with E-state index in [1.165, 1.54) is 6.21 Å². The summed E-state index contributed by atoms with van der Waals surface area (Å²) in [7, 11) is 0. The Morgan fingerprint density at radius 1 is 1.08 bits per heavy atom. The quantitative estimate of drug-likeness (QED) is 0.512. The second-order valence-corrected chi connectivity index (χ2v) is 5.14. The molecular weight excluding hydrogens is 310 g/mol. The van der Waals surface area contributed by atoms with Crippen molar-refractivity contribution in [1.82, 2.24) is 5.43 Å². The predicted octanol–water partition coefficient (Wildman–Crippen LogP) is 1.81. The fourth-order valence-electron chi connectivity index (χ4n) is 2.12. The first-order valence-corrected chi connectivity index (χ1v) is 7.22. The number of rotatable bonds is 3. The molecule has 0 bridgehead atoms. The Morgan fingerprint density at radius 3 is 2.75 bits per heavy atom. The van der Waals surface area contributed by atoms with E-state index >= 15 is 0 Å². The van der Waals surface area contributed by atoms with Gasteiger partial charge in [-0.3, -0.25) is 9.59 Å². The first-order chi connectivity index (χ1) is 11.6.